The summed E-state index contributed by atoms with van der Waals surface area (Å²) in [4.78, 5) is 22.2. The molecule has 0 spiro atoms. The molecule has 2 aromatic rings. The smallest absolute Gasteiger partial charge is 0.252 e. The van der Waals surface area contributed by atoms with Crippen molar-refractivity contribution in [2.45, 2.75) is 18.9 Å². The van der Waals surface area contributed by atoms with Gasteiger partial charge in [-0.25, -0.2) is 4.98 Å². The number of carbonyl (C=O) groups excluding carboxylic acids is 1. The van der Waals surface area contributed by atoms with Gasteiger partial charge >= 0.3 is 0 Å². The number of pyridine rings is 1. The average molecular weight is 328 g/mol. The van der Waals surface area contributed by atoms with Gasteiger partial charge in [0.2, 0.25) is 0 Å². The van der Waals surface area contributed by atoms with E-state index in [9.17, 15) is 4.79 Å². The van der Waals surface area contributed by atoms with Crippen LogP contribution in [0.25, 0.3) is 0 Å². The molecule has 0 aromatic carbocycles. The Balaban J connectivity index is 1.78. The maximum Gasteiger partial charge on any atom is 0.252 e. The Morgan fingerprint density at radius 3 is 2.92 bits per heavy atom. The van der Waals surface area contributed by atoms with Crippen molar-refractivity contribution < 1.29 is 4.79 Å². The predicted octanol–water partition coefficient (Wildman–Crippen LogP) is 1.41. The van der Waals surface area contributed by atoms with Crippen molar-refractivity contribution in [3.63, 3.8) is 0 Å². The van der Waals surface area contributed by atoms with Crippen molar-refractivity contribution in [2.75, 3.05) is 25.5 Å². The third-order valence-electron chi connectivity index (χ3n) is 4.81. The second-order valence-corrected chi connectivity index (χ2v) is 6.42. The fraction of sp³-hybridized carbons (Fsp3) is 0.471. The Labute approximate surface area is 141 Å². The number of imidazole rings is 1. The van der Waals surface area contributed by atoms with Crippen LogP contribution in [0.2, 0.25) is 0 Å². The van der Waals surface area contributed by atoms with E-state index in [4.69, 9.17) is 5.73 Å². The van der Waals surface area contributed by atoms with E-state index in [1.54, 1.807) is 12.3 Å². The number of anilines is 1. The Bertz CT molecular complexity index is 713. The third-order valence-corrected chi connectivity index (χ3v) is 4.81. The zero-order valence-electron chi connectivity index (χ0n) is 14.1. The third kappa shape index (κ3) is 3.26. The molecule has 3 heterocycles. The number of amides is 1. The van der Waals surface area contributed by atoms with Gasteiger partial charge in [0.25, 0.3) is 5.91 Å². The van der Waals surface area contributed by atoms with Gasteiger partial charge in [-0.15, -0.1) is 0 Å². The first kappa shape index (κ1) is 16.4. The number of hydrogen-bond donors (Lipinski definition) is 2. The summed E-state index contributed by atoms with van der Waals surface area (Å²) in [6.07, 6.45) is 9.26. The molecule has 1 fully saturated rings. The summed E-state index contributed by atoms with van der Waals surface area (Å²) in [6, 6.07) is 2.10. The molecule has 2 atom stereocenters. The van der Waals surface area contributed by atoms with Gasteiger partial charge in [0, 0.05) is 32.2 Å². The number of primary amides is 1. The van der Waals surface area contributed by atoms with Crippen LogP contribution in [0.4, 0.5) is 5.69 Å². The molecule has 0 unspecified atom stereocenters. The summed E-state index contributed by atoms with van der Waals surface area (Å²) in [5.41, 5.74) is 7.82. The minimum Gasteiger partial charge on any atom is -0.384 e. The number of rotatable bonds is 5. The summed E-state index contributed by atoms with van der Waals surface area (Å²) in [7, 11) is 4.19. The number of aromatic nitrogens is 3. The van der Waals surface area contributed by atoms with Gasteiger partial charge in [-0.1, -0.05) is 0 Å². The van der Waals surface area contributed by atoms with E-state index >= 15 is 0 Å². The molecule has 1 amide bonds. The van der Waals surface area contributed by atoms with Crippen molar-refractivity contribution in [2.24, 2.45) is 18.7 Å². The van der Waals surface area contributed by atoms with E-state index in [1.807, 2.05) is 19.6 Å². The molecule has 128 valence electrons. The van der Waals surface area contributed by atoms with Crippen LogP contribution in [0, 0.1) is 5.92 Å². The second kappa shape index (κ2) is 7.00. The zero-order valence-corrected chi connectivity index (χ0v) is 14.1. The number of nitrogens with two attached hydrogens (primary N) is 1. The molecule has 3 rings (SSSR count). The maximum absolute atomic E-state index is 11.5. The molecule has 7 nitrogen and oxygen atoms in total. The Kier molecular flexibility index (Phi) is 4.80. The normalized spacial score (nSPS) is 21.6. The van der Waals surface area contributed by atoms with Crippen LogP contribution in [0.5, 0.6) is 0 Å². The minimum atomic E-state index is -0.463. The average Bonchev–Trinajstić information content (AvgIpc) is 2.99. The van der Waals surface area contributed by atoms with Crippen LogP contribution in [-0.4, -0.2) is 45.5 Å². The van der Waals surface area contributed by atoms with E-state index in [2.05, 4.69) is 31.8 Å². The van der Waals surface area contributed by atoms with Crippen molar-refractivity contribution >= 4 is 11.6 Å². The molecule has 24 heavy (non-hydrogen) atoms. The first-order chi connectivity index (χ1) is 11.6. The zero-order chi connectivity index (χ0) is 17.1. The van der Waals surface area contributed by atoms with Gasteiger partial charge in [-0.05, 0) is 38.4 Å². The van der Waals surface area contributed by atoms with Crippen LogP contribution in [0.15, 0.2) is 31.0 Å². The highest BCUT2D eigenvalue weighted by atomic mass is 16.1. The summed E-state index contributed by atoms with van der Waals surface area (Å²) < 4.78 is 2.08. The van der Waals surface area contributed by atoms with Crippen LogP contribution in [-0.2, 0) is 7.05 Å². The van der Waals surface area contributed by atoms with E-state index < -0.39 is 5.91 Å². The lowest BCUT2D eigenvalue weighted by molar-refractivity contribution is 0.100. The standard InChI is InChI=1S/C17H24N6O/c1-22-7-3-4-12(16(22)15-10-20-11-23(15)2)8-21-14-5-6-19-9-13(14)17(18)24/h5-6,9-12,16H,3-4,7-8H2,1-2H3,(H2,18,24)(H,19,21)/t12-,16+/m0/s1. The highest BCUT2D eigenvalue weighted by Crippen LogP contribution is 2.35. The van der Waals surface area contributed by atoms with Gasteiger partial charge in [0.15, 0.2) is 0 Å². The van der Waals surface area contributed by atoms with E-state index in [-0.39, 0.29) is 0 Å². The lowest BCUT2D eigenvalue weighted by atomic mass is 9.87. The summed E-state index contributed by atoms with van der Waals surface area (Å²) in [6.45, 7) is 1.85. The molecule has 1 aliphatic rings. The molecule has 1 saturated heterocycles. The SMILES string of the molecule is CN1CCC[C@@H](CNc2ccncc2C(N)=O)[C@@H]1c1cncn1C. The van der Waals surface area contributed by atoms with Gasteiger partial charge in [0.1, 0.15) is 0 Å². The largest absolute Gasteiger partial charge is 0.384 e. The Morgan fingerprint density at radius 2 is 2.21 bits per heavy atom. The molecule has 1 aliphatic heterocycles. The molecule has 0 bridgehead atoms. The summed E-state index contributed by atoms with van der Waals surface area (Å²) in [5, 5.41) is 3.40. The van der Waals surface area contributed by atoms with Crippen LogP contribution in [0.1, 0.15) is 34.9 Å². The van der Waals surface area contributed by atoms with Crippen LogP contribution >= 0.6 is 0 Å². The van der Waals surface area contributed by atoms with Gasteiger partial charge < -0.3 is 15.6 Å². The van der Waals surface area contributed by atoms with Gasteiger partial charge in [-0.3, -0.25) is 14.7 Å². The number of nitrogens with zero attached hydrogens (tertiary/aromatic N) is 4. The van der Waals surface area contributed by atoms with Crippen molar-refractivity contribution in [1.29, 1.82) is 0 Å². The van der Waals surface area contributed by atoms with Crippen molar-refractivity contribution in [3.8, 4) is 0 Å². The number of nitrogens with one attached hydrogen (secondary N) is 1. The number of likely N-dealkylation sites (tertiary alicyclic amines) is 1. The Hall–Kier alpha value is -2.41. The first-order valence-electron chi connectivity index (χ1n) is 8.22. The molecule has 0 aliphatic carbocycles. The van der Waals surface area contributed by atoms with Crippen molar-refractivity contribution in [3.05, 3.63) is 42.2 Å². The van der Waals surface area contributed by atoms with Gasteiger partial charge in [0.05, 0.1) is 29.3 Å². The topological polar surface area (TPSA) is 89.1 Å². The lowest BCUT2D eigenvalue weighted by Crippen LogP contribution is -2.39. The first-order valence-corrected chi connectivity index (χ1v) is 8.22. The fourth-order valence-corrected chi connectivity index (χ4v) is 3.58. The van der Waals surface area contributed by atoms with E-state index in [1.165, 1.54) is 11.9 Å². The summed E-state index contributed by atoms with van der Waals surface area (Å²) >= 11 is 0. The molecular weight excluding hydrogens is 304 g/mol. The van der Waals surface area contributed by atoms with E-state index in [0.29, 0.717) is 17.5 Å². The molecule has 0 saturated carbocycles. The monoisotopic (exact) mass is 328 g/mol. The number of aryl methyl sites for hydroxylation is 1. The number of hydrogen-bond acceptors (Lipinski definition) is 5. The molecule has 3 N–H and O–H groups in total. The predicted molar refractivity (Wildman–Crippen MR) is 92.5 cm³/mol. The van der Waals surface area contributed by atoms with Crippen molar-refractivity contribution in [1.82, 2.24) is 19.4 Å². The summed E-state index contributed by atoms with van der Waals surface area (Å²) in [5.74, 6) is -0.0393. The lowest BCUT2D eigenvalue weighted by Gasteiger charge is -2.39. The fourth-order valence-electron chi connectivity index (χ4n) is 3.58. The van der Waals surface area contributed by atoms with Crippen LogP contribution < -0.4 is 11.1 Å². The second-order valence-electron chi connectivity index (χ2n) is 6.42. The number of carbonyl (C=O) groups is 1. The molecular formula is C17H24N6O. The van der Waals surface area contributed by atoms with E-state index in [0.717, 1.165) is 31.6 Å². The highest BCUT2D eigenvalue weighted by molar-refractivity contribution is 5.98. The molecule has 7 heteroatoms. The quantitative estimate of drug-likeness (QED) is 0.866. The maximum atomic E-state index is 11.5. The van der Waals surface area contributed by atoms with Crippen LogP contribution in [0.3, 0.4) is 0 Å². The minimum absolute atomic E-state index is 0.303. The number of piperidine rings is 1. The highest BCUT2D eigenvalue weighted by Gasteiger charge is 2.32. The molecule has 0 radical (unpaired) electrons. The molecule has 2 aromatic heterocycles. The Morgan fingerprint density at radius 1 is 1.38 bits per heavy atom. The van der Waals surface area contributed by atoms with Gasteiger partial charge in [-0.2, -0.15) is 0 Å².